The SMILES string of the molecule is Cn1c(Sc2ccc3nnc(C(F)F)n3n2)nnc1-c1ccccc1F. The first-order valence-corrected chi connectivity index (χ1v) is 8.19. The van der Waals surface area contributed by atoms with Crippen molar-refractivity contribution in [1.82, 2.24) is 34.6 Å². The quantitative estimate of drug-likeness (QED) is 0.544. The van der Waals surface area contributed by atoms with E-state index in [9.17, 15) is 13.2 Å². The fourth-order valence-corrected chi connectivity index (χ4v) is 3.10. The molecule has 0 aliphatic carbocycles. The van der Waals surface area contributed by atoms with E-state index >= 15 is 0 Å². The summed E-state index contributed by atoms with van der Waals surface area (Å²) in [6.45, 7) is 0. The van der Waals surface area contributed by atoms with E-state index in [4.69, 9.17) is 0 Å². The largest absolute Gasteiger partial charge is 0.305 e. The van der Waals surface area contributed by atoms with Crippen molar-refractivity contribution in [3.05, 3.63) is 48.0 Å². The highest BCUT2D eigenvalue weighted by atomic mass is 32.2. The van der Waals surface area contributed by atoms with Crippen molar-refractivity contribution in [2.24, 2.45) is 7.05 Å². The molecule has 7 nitrogen and oxygen atoms in total. The lowest BCUT2D eigenvalue weighted by Crippen LogP contribution is -2.01. The third-order valence-corrected chi connectivity index (χ3v) is 4.57. The number of rotatable bonds is 4. The Hall–Kier alpha value is -2.95. The lowest BCUT2D eigenvalue weighted by Gasteiger charge is -2.05. The van der Waals surface area contributed by atoms with Gasteiger partial charge < -0.3 is 4.57 Å². The Morgan fingerprint density at radius 2 is 1.81 bits per heavy atom. The van der Waals surface area contributed by atoms with Crippen molar-refractivity contribution in [2.45, 2.75) is 16.6 Å². The van der Waals surface area contributed by atoms with Crippen LogP contribution in [-0.2, 0) is 7.05 Å². The summed E-state index contributed by atoms with van der Waals surface area (Å²) < 4.78 is 42.5. The molecule has 26 heavy (non-hydrogen) atoms. The summed E-state index contributed by atoms with van der Waals surface area (Å²) in [4.78, 5) is 0. The van der Waals surface area contributed by atoms with Crippen molar-refractivity contribution in [3.63, 3.8) is 0 Å². The van der Waals surface area contributed by atoms with Gasteiger partial charge in [0.1, 0.15) is 10.8 Å². The van der Waals surface area contributed by atoms with Crippen LogP contribution in [0.15, 0.2) is 46.6 Å². The summed E-state index contributed by atoms with van der Waals surface area (Å²) in [5.41, 5.74) is 0.534. The molecule has 0 saturated carbocycles. The zero-order valence-electron chi connectivity index (χ0n) is 13.2. The van der Waals surface area contributed by atoms with E-state index in [1.807, 2.05) is 0 Å². The summed E-state index contributed by atoms with van der Waals surface area (Å²) >= 11 is 1.11. The maximum absolute atomic E-state index is 14.0. The first-order valence-electron chi connectivity index (χ1n) is 7.37. The molecule has 0 aliphatic rings. The predicted molar refractivity (Wildman–Crippen MR) is 86.3 cm³/mol. The second-order valence-electron chi connectivity index (χ2n) is 5.25. The Bertz CT molecular complexity index is 1090. The summed E-state index contributed by atoms with van der Waals surface area (Å²) in [6, 6.07) is 9.37. The molecular weight excluding hydrogens is 367 g/mol. The average molecular weight is 377 g/mol. The minimum atomic E-state index is -2.79. The average Bonchev–Trinajstić information content (AvgIpc) is 3.20. The number of benzene rings is 1. The van der Waals surface area contributed by atoms with Gasteiger partial charge in [-0.05, 0) is 36.0 Å². The molecule has 132 valence electrons. The number of hydrogen-bond donors (Lipinski definition) is 0. The molecule has 0 atom stereocenters. The van der Waals surface area contributed by atoms with Crippen LogP contribution >= 0.6 is 11.8 Å². The predicted octanol–water partition coefficient (Wildman–Crippen LogP) is 3.15. The van der Waals surface area contributed by atoms with Crippen LogP contribution < -0.4 is 0 Å². The van der Waals surface area contributed by atoms with Crippen LogP contribution in [0.5, 0.6) is 0 Å². The van der Waals surface area contributed by atoms with Gasteiger partial charge in [-0.3, -0.25) is 0 Å². The smallest absolute Gasteiger partial charge is 0.299 e. The summed E-state index contributed by atoms with van der Waals surface area (Å²) in [5, 5.41) is 20.1. The molecule has 0 N–H and O–H groups in total. The highest BCUT2D eigenvalue weighted by Gasteiger charge is 2.19. The van der Waals surface area contributed by atoms with Crippen LogP contribution in [-0.4, -0.2) is 34.6 Å². The van der Waals surface area contributed by atoms with Crippen molar-refractivity contribution >= 4 is 17.4 Å². The van der Waals surface area contributed by atoms with Gasteiger partial charge in [0.25, 0.3) is 6.43 Å². The van der Waals surface area contributed by atoms with Crippen molar-refractivity contribution in [1.29, 1.82) is 0 Å². The molecule has 1 aromatic carbocycles. The van der Waals surface area contributed by atoms with Crippen molar-refractivity contribution in [2.75, 3.05) is 0 Å². The molecule has 4 aromatic rings. The first kappa shape index (κ1) is 16.5. The van der Waals surface area contributed by atoms with Gasteiger partial charge in [0, 0.05) is 7.05 Å². The molecule has 0 aliphatic heterocycles. The Morgan fingerprint density at radius 3 is 2.58 bits per heavy atom. The van der Waals surface area contributed by atoms with Gasteiger partial charge in [-0.15, -0.1) is 20.4 Å². The minimum absolute atomic E-state index is 0.217. The van der Waals surface area contributed by atoms with Crippen LogP contribution in [0.1, 0.15) is 12.2 Å². The molecule has 0 radical (unpaired) electrons. The fraction of sp³-hybridized carbons (Fsp3) is 0.133. The monoisotopic (exact) mass is 377 g/mol. The van der Waals surface area contributed by atoms with Crippen LogP contribution in [0.3, 0.4) is 0 Å². The van der Waals surface area contributed by atoms with Crippen molar-refractivity contribution < 1.29 is 13.2 Å². The zero-order chi connectivity index (χ0) is 18.3. The molecule has 0 saturated heterocycles. The first-order chi connectivity index (χ1) is 12.5. The standard InChI is InChI=1S/C15H10F3N7S/c1-24-13(8-4-2-3-5-9(8)16)20-22-15(24)26-11-7-6-10-19-21-14(12(17)18)25(10)23-11/h2-7,12H,1H3. The minimum Gasteiger partial charge on any atom is -0.305 e. The van der Waals surface area contributed by atoms with Gasteiger partial charge in [0.05, 0.1) is 5.56 Å². The molecule has 0 spiro atoms. The second-order valence-corrected chi connectivity index (χ2v) is 6.24. The summed E-state index contributed by atoms with van der Waals surface area (Å²) in [6.07, 6.45) is -2.79. The number of hydrogen-bond acceptors (Lipinski definition) is 6. The Kier molecular flexibility index (Phi) is 4.07. The van der Waals surface area contributed by atoms with Crippen LogP contribution in [0.4, 0.5) is 13.2 Å². The third-order valence-electron chi connectivity index (χ3n) is 3.60. The van der Waals surface area contributed by atoms with Gasteiger partial charge in [-0.2, -0.15) is 9.61 Å². The molecule has 0 amide bonds. The van der Waals surface area contributed by atoms with Gasteiger partial charge in [-0.25, -0.2) is 13.2 Å². The number of fused-ring (bicyclic) bond motifs is 1. The van der Waals surface area contributed by atoms with E-state index in [1.165, 1.54) is 12.1 Å². The number of alkyl halides is 2. The number of halogens is 3. The normalized spacial score (nSPS) is 11.6. The molecule has 3 heterocycles. The highest BCUT2D eigenvalue weighted by molar-refractivity contribution is 7.99. The molecule has 3 aromatic heterocycles. The van der Waals surface area contributed by atoms with Gasteiger partial charge in [0.2, 0.25) is 5.82 Å². The third kappa shape index (κ3) is 2.79. The van der Waals surface area contributed by atoms with Crippen molar-refractivity contribution in [3.8, 4) is 11.4 Å². The lowest BCUT2D eigenvalue weighted by molar-refractivity contribution is 0.137. The summed E-state index contributed by atoms with van der Waals surface area (Å²) in [7, 11) is 1.69. The maximum Gasteiger partial charge on any atom is 0.299 e. The van der Waals surface area contributed by atoms with Crippen LogP contribution in [0.2, 0.25) is 0 Å². The molecule has 4 rings (SSSR count). The number of aromatic nitrogens is 7. The molecule has 0 unspecified atom stereocenters. The number of nitrogens with zero attached hydrogens (tertiary/aromatic N) is 7. The Morgan fingerprint density at radius 1 is 1.00 bits per heavy atom. The Balaban J connectivity index is 1.69. The van der Waals surface area contributed by atoms with Crippen LogP contribution in [0.25, 0.3) is 17.0 Å². The van der Waals surface area contributed by atoms with E-state index in [0.29, 0.717) is 21.6 Å². The van der Waals surface area contributed by atoms with E-state index in [0.717, 1.165) is 16.3 Å². The topological polar surface area (TPSA) is 73.8 Å². The summed E-state index contributed by atoms with van der Waals surface area (Å²) in [5.74, 6) is -0.595. The highest BCUT2D eigenvalue weighted by Crippen LogP contribution is 2.29. The van der Waals surface area contributed by atoms with Gasteiger partial charge in [0.15, 0.2) is 16.6 Å². The maximum atomic E-state index is 14.0. The molecule has 11 heteroatoms. The lowest BCUT2D eigenvalue weighted by atomic mass is 10.2. The molecule has 0 bridgehead atoms. The van der Waals surface area contributed by atoms with Gasteiger partial charge >= 0.3 is 0 Å². The van der Waals surface area contributed by atoms with E-state index < -0.39 is 18.1 Å². The molecular formula is C15H10F3N7S. The van der Waals surface area contributed by atoms with Crippen LogP contribution in [0, 0.1) is 5.82 Å². The van der Waals surface area contributed by atoms with E-state index in [1.54, 1.807) is 35.9 Å². The fourth-order valence-electron chi connectivity index (χ4n) is 2.35. The van der Waals surface area contributed by atoms with E-state index in [2.05, 4.69) is 25.5 Å². The van der Waals surface area contributed by atoms with Gasteiger partial charge in [-0.1, -0.05) is 12.1 Å². The Labute approximate surface area is 148 Å². The second kappa shape index (κ2) is 6.41. The molecule has 0 fully saturated rings. The zero-order valence-corrected chi connectivity index (χ0v) is 14.0. The van der Waals surface area contributed by atoms with E-state index in [-0.39, 0.29) is 5.65 Å².